The molecule has 1 aliphatic rings. The van der Waals surface area contributed by atoms with Crippen molar-refractivity contribution in [2.75, 3.05) is 19.7 Å². The van der Waals surface area contributed by atoms with Gasteiger partial charge in [-0.3, -0.25) is 4.79 Å². The highest BCUT2D eigenvalue weighted by Gasteiger charge is 2.35. The van der Waals surface area contributed by atoms with Crippen molar-refractivity contribution in [1.82, 2.24) is 19.3 Å². The maximum absolute atomic E-state index is 12.5. The minimum atomic E-state index is -3.80. The number of aromatic nitrogens is 3. The molecule has 1 atom stereocenters. The van der Waals surface area contributed by atoms with Crippen LogP contribution in [-0.4, -0.2) is 64.6 Å². The summed E-state index contributed by atoms with van der Waals surface area (Å²) in [6.07, 6.45) is -0.896. The average molecular weight is 369 g/mol. The van der Waals surface area contributed by atoms with Crippen LogP contribution in [0, 0.1) is 0 Å². The molecule has 2 rings (SSSR count). The van der Waals surface area contributed by atoms with Crippen molar-refractivity contribution in [3.05, 3.63) is 4.60 Å². The summed E-state index contributed by atoms with van der Waals surface area (Å²) >= 11 is 3.05. The molecule has 1 N–H and O–H groups in total. The van der Waals surface area contributed by atoms with Gasteiger partial charge in [-0.15, -0.1) is 5.10 Å². The van der Waals surface area contributed by atoms with E-state index in [2.05, 4.69) is 26.2 Å². The van der Waals surface area contributed by atoms with Crippen LogP contribution in [-0.2, 0) is 26.6 Å². The van der Waals surface area contributed by atoms with E-state index in [1.165, 1.54) is 11.4 Å². The summed E-state index contributed by atoms with van der Waals surface area (Å²) in [5.74, 6) is -1.03. The van der Waals surface area contributed by atoms with Crippen LogP contribution in [0.1, 0.15) is 6.42 Å². The first-order chi connectivity index (χ1) is 9.32. The zero-order chi connectivity index (χ0) is 14.9. The largest absolute Gasteiger partial charge is 0.481 e. The van der Waals surface area contributed by atoms with Crippen LogP contribution >= 0.6 is 15.9 Å². The number of aliphatic carboxylic acids is 1. The minimum absolute atomic E-state index is 0.00769. The van der Waals surface area contributed by atoms with E-state index < -0.39 is 22.1 Å². The Kier molecular flexibility index (Phi) is 4.42. The fourth-order valence-electron chi connectivity index (χ4n) is 1.95. The molecule has 0 aliphatic carbocycles. The Labute approximate surface area is 123 Å². The van der Waals surface area contributed by atoms with Crippen molar-refractivity contribution in [1.29, 1.82) is 0 Å². The lowest BCUT2D eigenvalue weighted by molar-refractivity contribution is -0.141. The minimum Gasteiger partial charge on any atom is -0.481 e. The molecule has 0 amide bonds. The average Bonchev–Trinajstić information content (AvgIpc) is 2.69. The van der Waals surface area contributed by atoms with Gasteiger partial charge in [0.05, 0.1) is 19.1 Å². The highest BCUT2D eigenvalue weighted by atomic mass is 79.9. The second-order valence-corrected chi connectivity index (χ2v) is 6.87. The van der Waals surface area contributed by atoms with Gasteiger partial charge in [-0.05, 0) is 15.9 Å². The van der Waals surface area contributed by atoms with Gasteiger partial charge in [0, 0.05) is 20.1 Å². The Morgan fingerprint density at radius 3 is 2.85 bits per heavy atom. The molecule has 20 heavy (non-hydrogen) atoms. The first-order valence-corrected chi connectivity index (χ1v) is 7.94. The SMILES string of the molecule is Cn1nnc(Br)c1S(=O)(=O)N1CCOC(CC(=O)O)C1. The van der Waals surface area contributed by atoms with Crippen molar-refractivity contribution >= 4 is 31.9 Å². The summed E-state index contributed by atoms with van der Waals surface area (Å²) in [4.78, 5) is 10.7. The number of aryl methyl sites for hydroxylation is 1. The highest BCUT2D eigenvalue weighted by molar-refractivity contribution is 9.10. The molecular formula is C9H13BrN4O5S. The number of nitrogens with zero attached hydrogens (tertiary/aromatic N) is 4. The second-order valence-electron chi connectivity index (χ2n) is 4.26. The van der Waals surface area contributed by atoms with E-state index in [-0.39, 0.29) is 35.7 Å². The normalized spacial score (nSPS) is 21.0. The van der Waals surface area contributed by atoms with Crippen LogP contribution in [0.2, 0.25) is 0 Å². The van der Waals surface area contributed by atoms with Crippen molar-refractivity contribution in [3.63, 3.8) is 0 Å². The molecule has 1 unspecified atom stereocenters. The van der Waals surface area contributed by atoms with Crippen molar-refractivity contribution in [3.8, 4) is 0 Å². The third kappa shape index (κ3) is 3.00. The van der Waals surface area contributed by atoms with Gasteiger partial charge in [0.15, 0.2) is 4.60 Å². The van der Waals surface area contributed by atoms with E-state index in [0.717, 1.165) is 4.68 Å². The van der Waals surface area contributed by atoms with E-state index >= 15 is 0 Å². The zero-order valence-electron chi connectivity index (χ0n) is 10.6. The number of carbonyl (C=O) groups is 1. The fourth-order valence-corrected chi connectivity index (χ4v) is 4.44. The molecule has 0 aromatic carbocycles. The molecule has 1 aromatic heterocycles. The van der Waals surface area contributed by atoms with Gasteiger partial charge in [0.25, 0.3) is 10.0 Å². The van der Waals surface area contributed by atoms with Gasteiger partial charge in [-0.1, -0.05) is 5.21 Å². The molecule has 0 saturated carbocycles. The summed E-state index contributed by atoms with van der Waals surface area (Å²) in [7, 11) is -2.33. The predicted molar refractivity (Wildman–Crippen MR) is 69.5 cm³/mol. The maximum atomic E-state index is 12.5. The number of carboxylic acid groups (broad SMARTS) is 1. The quantitative estimate of drug-likeness (QED) is 0.757. The summed E-state index contributed by atoms with van der Waals surface area (Å²) < 4.78 is 32.8. The van der Waals surface area contributed by atoms with Gasteiger partial charge in [0.1, 0.15) is 0 Å². The van der Waals surface area contributed by atoms with E-state index in [1.54, 1.807) is 0 Å². The number of halogens is 1. The number of ether oxygens (including phenoxy) is 1. The summed E-state index contributed by atoms with van der Waals surface area (Å²) in [6.45, 7) is 0.308. The van der Waals surface area contributed by atoms with Gasteiger partial charge in [0.2, 0.25) is 5.03 Å². The van der Waals surface area contributed by atoms with Gasteiger partial charge in [-0.25, -0.2) is 13.1 Å². The number of hydrogen-bond donors (Lipinski definition) is 1. The fraction of sp³-hybridized carbons (Fsp3) is 0.667. The monoisotopic (exact) mass is 368 g/mol. The first-order valence-electron chi connectivity index (χ1n) is 5.71. The Morgan fingerprint density at radius 1 is 1.60 bits per heavy atom. The van der Waals surface area contributed by atoms with Gasteiger partial charge in [-0.2, -0.15) is 4.31 Å². The summed E-state index contributed by atoms with van der Waals surface area (Å²) in [5, 5.41) is 16.0. The van der Waals surface area contributed by atoms with E-state index in [9.17, 15) is 13.2 Å². The standard InChI is InChI=1S/C9H13BrN4O5S/c1-13-9(8(10)11-12-13)20(17,18)14-2-3-19-6(5-14)4-7(15)16/h6H,2-5H2,1H3,(H,15,16). The molecule has 0 bridgehead atoms. The summed E-state index contributed by atoms with van der Waals surface area (Å²) in [6, 6.07) is 0. The Morgan fingerprint density at radius 2 is 2.30 bits per heavy atom. The molecule has 1 fully saturated rings. The molecule has 11 heteroatoms. The lowest BCUT2D eigenvalue weighted by Gasteiger charge is -2.31. The number of hydrogen-bond acceptors (Lipinski definition) is 6. The molecule has 2 heterocycles. The topological polar surface area (TPSA) is 115 Å². The second kappa shape index (κ2) is 5.76. The lowest BCUT2D eigenvalue weighted by atomic mass is 10.2. The molecule has 1 aliphatic heterocycles. The molecule has 1 saturated heterocycles. The van der Waals surface area contributed by atoms with Crippen molar-refractivity contribution in [2.45, 2.75) is 17.6 Å². The molecule has 0 radical (unpaired) electrons. The Hall–Kier alpha value is -1.04. The number of carboxylic acids is 1. The van der Waals surface area contributed by atoms with Crippen molar-refractivity contribution < 1.29 is 23.1 Å². The van der Waals surface area contributed by atoms with E-state index in [0.29, 0.717) is 0 Å². The smallest absolute Gasteiger partial charge is 0.306 e. The van der Waals surface area contributed by atoms with Crippen LogP contribution in [0.25, 0.3) is 0 Å². The van der Waals surface area contributed by atoms with Gasteiger partial charge >= 0.3 is 5.97 Å². The zero-order valence-corrected chi connectivity index (χ0v) is 13.0. The third-order valence-corrected chi connectivity index (χ3v) is 5.58. The molecule has 0 spiro atoms. The molecular weight excluding hydrogens is 356 g/mol. The van der Waals surface area contributed by atoms with E-state index in [1.807, 2.05) is 0 Å². The molecule has 1 aromatic rings. The third-order valence-electron chi connectivity index (χ3n) is 2.83. The highest BCUT2D eigenvalue weighted by Crippen LogP contribution is 2.24. The van der Waals surface area contributed by atoms with Crippen LogP contribution in [0.4, 0.5) is 0 Å². The van der Waals surface area contributed by atoms with Crippen LogP contribution < -0.4 is 0 Å². The Balaban J connectivity index is 2.24. The Bertz CT molecular complexity index is 596. The van der Waals surface area contributed by atoms with Gasteiger partial charge < -0.3 is 9.84 Å². The van der Waals surface area contributed by atoms with Crippen LogP contribution in [0.5, 0.6) is 0 Å². The van der Waals surface area contributed by atoms with Crippen LogP contribution in [0.15, 0.2) is 9.63 Å². The molecule has 9 nitrogen and oxygen atoms in total. The first kappa shape index (κ1) is 15.4. The number of rotatable bonds is 4. The van der Waals surface area contributed by atoms with E-state index in [4.69, 9.17) is 9.84 Å². The molecule has 112 valence electrons. The van der Waals surface area contributed by atoms with Crippen molar-refractivity contribution in [2.24, 2.45) is 7.05 Å². The lowest BCUT2D eigenvalue weighted by Crippen LogP contribution is -2.46. The summed E-state index contributed by atoms with van der Waals surface area (Å²) in [5.41, 5.74) is 0. The maximum Gasteiger partial charge on any atom is 0.306 e. The number of morpholine rings is 1. The predicted octanol–water partition coefficient (Wildman–Crippen LogP) is -0.558. The van der Waals surface area contributed by atoms with Crippen LogP contribution in [0.3, 0.4) is 0 Å². The number of sulfonamides is 1.